The SMILES string of the molecule is CCc1cc(C(=O)N2CCC(CC(=O)Nc3ccc4cc3CCc3cccc(c3)Nc3ncc(F)c(n3)N4)CC2)no1.O=C(O)C(F)(F)F.O=C(O)C(F)(F)F. The van der Waals surface area contributed by atoms with E-state index in [2.05, 4.69) is 31.1 Å². The van der Waals surface area contributed by atoms with Gasteiger partial charge in [0.05, 0.1) is 6.20 Å². The predicted molar refractivity (Wildman–Crippen MR) is 184 cm³/mol. The molecular formula is C35H34F7N7O7. The van der Waals surface area contributed by atoms with Gasteiger partial charge >= 0.3 is 24.3 Å². The standard InChI is InChI=1S/C31H32FN7O3.2C2HF3O2/c1-2-24-17-27(38-42-24)30(41)39-12-10-20(11-13-39)15-28(40)36-26-9-8-23-16-21(26)7-6-19-4-3-5-22(14-19)35-31-33-18-25(32)29(34-23)37-31;2*3-2(4,5)1(6)7/h3-5,8-9,14,16-18,20H,2,6-7,10-13,15H2,1H3,(H,36,40)(H2,33,34,35,37);2*(H,6,7). The van der Waals surface area contributed by atoms with Gasteiger partial charge in [0.2, 0.25) is 11.9 Å². The molecule has 6 bridgehead atoms. The predicted octanol–water partition coefficient (Wildman–Crippen LogP) is 6.90. The maximum atomic E-state index is 14.5. The number of carbonyl (C=O) groups is 4. The van der Waals surface area contributed by atoms with Crippen LogP contribution >= 0.6 is 0 Å². The Kier molecular flexibility index (Phi) is 13.9. The van der Waals surface area contributed by atoms with Crippen LogP contribution in [0.15, 0.2) is 59.3 Å². The van der Waals surface area contributed by atoms with Crippen molar-refractivity contribution in [2.45, 2.75) is 57.8 Å². The third-order valence-corrected chi connectivity index (χ3v) is 8.24. The summed E-state index contributed by atoms with van der Waals surface area (Å²) in [6.45, 7) is 3.10. The van der Waals surface area contributed by atoms with Crippen molar-refractivity contribution < 1.29 is 64.6 Å². The number of rotatable bonds is 5. The van der Waals surface area contributed by atoms with Crippen LogP contribution < -0.4 is 16.0 Å². The van der Waals surface area contributed by atoms with Crippen LogP contribution in [0.4, 0.5) is 59.6 Å². The Labute approximate surface area is 313 Å². The number of carbonyl (C=O) groups excluding carboxylic acids is 2. The molecule has 5 N–H and O–H groups in total. The number of fused-ring (bicyclic) bond motifs is 6. The van der Waals surface area contributed by atoms with Gasteiger partial charge in [-0.3, -0.25) is 9.59 Å². The van der Waals surface area contributed by atoms with Gasteiger partial charge in [-0.15, -0.1) is 0 Å². The molecule has 300 valence electrons. The van der Waals surface area contributed by atoms with Crippen molar-refractivity contribution >= 4 is 52.6 Å². The number of carboxylic acid groups (broad SMARTS) is 2. The molecule has 56 heavy (non-hydrogen) atoms. The van der Waals surface area contributed by atoms with Crippen LogP contribution in [-0.2, 0) is 33.6 Å². The van der Waals surface area contributed by atoms with Crippen molar-refractivity contribution in [2.75, 3.05) is 29.0 Å². The number of aromatic nitrogens is 3. The first kappa shape index (κ1) is 42.5. The van der Waals surface area contributed by atoms with Gasteiger partial charge in [-0.05, 0) is 73.1 Å². The molecule has 14 nitrogen and oxygen atoms in total. The Bertz CT molecular complexity index is 2010. The molecule has 2 aliphatic rings. The number of carboxylic acids is 2. The molecule has 2 aromatic carbocycles. The first-order valence-corrected chi connectivity index (χ1v) is 16.8. The first-order valence-electron chi connectivity index (χ1n) is 16.8. The maximum Gasteiger partial charge on any atom is 0.490 e. The molecule has 1 saturated heterocycles. The molecule has 0 saturated carbocycles. The van der Waals surface area contributed by atoms with Crippen LogP contribution in [-0.4, -0.2) is 79.4 Å². The Morgan fingerprint density at radius 2 is 1.55 bits per heavy atom. The van der Waals surface area contributed by atoms with Crippen molar-refractivity contribution in [1.29, 1.82) is 0 Å². The average Bonchev–Trinajstić information content (AvgIpc) is 3.62. The van der Waals surface area contributed by atoms with E-state index in [1.54, 1.807) is 17.0 Å². The number of nitrogens with zero attached hydrogens (tertiary/aromatic N) is 4. The van der Waals surface area contributed by atoms with Gasteiger partial charge in [-0.25, -0.2) is 19.0 Å². The topological polar surface area (TPSA) is 200 Å². The number of piperidine rings is 1. The fraction of sp³-hybridized carbons (Fsp3) is 0.343. The highest BCUT2D eigenvalue weighted by atomic mass is 19.4. The van der Waals surface area contributed by atoms with Crippen LogP contribution in [0.25, 0.3) is 0 Å². The third-order valence-electron chi connectivity index (χ3n) is 8.24. The lowest BCUT2D eigenvalue weighted by Gasteiger charge is -2.31. The van der Waals surface area contributed by atoms with E-state index < -0.39 is 30.1 Å². The number of halogens is 7. The van der Waals surface area contributed by atoms with Crippen LogP contribution in [0.3, 0.4) is 0 Å². The molecule has 4 heterocycles. The zero-order valence-corrected chi connectivity index (χ0v) is 29.3. The second kappa shape index (κ2) is 18.4. The fourth-order valence-electron chi connectivity index (χ4n) is 5.41. The largest absolute Gasteiger partial charge is 0.490 e. The number of anilines is 5. The Morgan fingerprint density at radius 3 is 2.16 bits per heavy atom. The second-order valence-electron chi connectivity index (χ2n) is 12.3. The van der Waals surface area contributed by atoms with Crippen molar-refractivity contribution in [3.63, 3.8) is 0 Å². The minimum Gasteiger partial charge on any atom is -0.475 e. The summed E-state index contributed by atoms with van der Waals surface area (Å²) < 4.78 is 83.2. The van der Waals surface area contributed by atoms with Gasteiger partial charge in [0, 0.05) is 49.1 Å². The van der Waals surface area contributed by atoms with Gasteiger partial charge < -0.3 is 35.6 Å². The summed E-state index contributed by atoms with van der Waals surface area (Å²) in [6, 6.07) is 15.2. The molecule has 0 radical (unpaired) electrons. The van der Waals surface area contributed by atoms with Crippen LogP contribution in [0.1, 0.15) is 53.6 Å². The quantitative estimate of drug-likeness (QED) is 0.131. The summed E-state index contributed by atoms with van der Waals surface area (Å²) in [4.78, 5) is 53.9. The average molecular weight is 798 g/mol. The van der Waals surface area contributed by atoms with E-state index in [4.69, 9.17) is 24.3 Å². The van der Waals surface area contributed by atoms with E-state index in [1.165, 1.54) is 0 Å². The lowest BCUT2D eigenvalue weighted by atomic mass is 9.93. The van der Waals surface area contributed by atoms with Crippen molar-refractivity contribution in [1.82, 2.24) is 20.0 Å². The Hall–Kier alpha value is -6.28. The molecule has 0 spiro atoms. The zero-order valence-electron chi connectivity index (χ0n) is 29.3. The van der Waals surface area contributed by atoms with Gasteiger partial charge in [-0.1, -0.05) is 24.2 Å². The number of aryl methyl sites for hydroxylation is 3. The highest BCUT2D eigenvalue weighted by Crippen LogP contribution is 2.29. The molecule has 6 rings (SSSR count). The smallest absolute Gasteiger partial charge is 0.475 e. The number of nitrogens with one attached hydrogen (secondary N) is 3. The number of amides is 2. The van der Waals surface area contributed by atoms with Gasteiger partial charge in [0.1, 0.15) is 5.76 Å². The van der Waals surface area contributed by atoms with Gasteiger partial charge in [-0.2, -0.15) is 31.3 Å². The van der Waals surface area contributed by atoms with Crippen molar-refractivity contribution in [2.24, 2.45) is 5.92 Å². The molecule has 2 aliphatic heterocycles. The molecular weight excluding hydrogens is 763 g/mol. The number of benzene rings is 2. The molecule has 21 heteroatoms. The van der Waals surface area contributed by atoms with E-state index in [0.717, 1.165) is 48.0 Å². The summed E-state index contributed by atoms with van der Waals surface area (Å²) in [6.07, 6.45) is -5.09. The number of alkyl halides is 6. The maximum absolute atomic E-state index is 14.5. The van der Waals surface area contributed by atoms with Crippen LogP contribution in [0.2, 0.25) is 0 Å². The van der Waals surface area contributed by atoms with Crippen molar-refractivity contribution in [3.05, 3.63) is 83.1 Å². The molecule has 0 atom stereocenters. The lowest BCUT2D eigenvalue weighted by molar-refractivity contribution is -0.193. The lowest BCUT2D eigenvalue weighted by Crippen LogP contribution is -2.39. The van der Waals surface area contributed by atoms with E-state index in [9.17, 15) is 40.3 Å². The number of aliphatic carboxylic acids is 2. The van der Waals surface area contributed by atoms with Crippen LogP contribution in [0.5, 0.6) is 0 Å². The molecule has 1 fully saturated rings. The third kappa shape index (κ3) is 12.4. The van der Waals surface area contributed by atoms with Gasteiger partial charge in [0.15, 0.2) is 17.3 Å². The van der Waals surface area contributed by atoms with Crippen molar-refractivity contribution in [3.8, 4) is 0 Å². The fourth-order valence-corrected chi connectivity index (χ4v) is 5.41. The van der Waals surface area contributed by atoms with Crippen LogP contribution in [0, 0.1) is 11.7 Å². The number of hydrogen-bond acceptors (Lipinski definition) is 10. The molecule has 2 amide bonds. The Morgan fingerprint density at radius 1 is 0.911 bits per heavy atom. The second-order valence-corrected chi connectivity index (χ2v) is 12.3. The van der Waals surface area contributed by atoms with E-state index in [-0.39, 0.29) is 23.6 Å². The monoisotopic (exact) mass is 797 g/mol. The molecule has 4 aromatic rings. The first-order chi connectivity index (χ1) is 26.3. The summed E-state index contributed by atoms with van der Waals surface area (Å²) in [5.74, 6) is -5.07. The molecule has 0 aliphatic carbocycles. The highest BCUT2D eigenvalue weighted by Gasteiger charge is 2.39. The Balaban J connectivity index is 0.000000425. The minimum atomic E-state index is -5.08. The minimum absolute atomic E-state index is 0.0600. The molecule has 0 unspecified atom stereocenters. The zero-order chi connectivity index (χ0) is 41.2. The van der Waals surface area contributed by atoms with Gasteiger partial charge in [0.25, 0.3) is 5.91 Å². The molecule has 2 aromatic heterocycles. The summed E-state index contributed by atoms with van der Waals surface area (Å²) in [5, 5.41) is 27.4. The summed E-state index contributed by atoms with van der Waals surface area (Å²) >= 11 is 0. The van der Waals surface area contributed by atoms with E-state index in [0.29, 0.717) is 55.4 Å². The number of hydrogen-bond donors (Lipinski definition) is 5. The van der Waals surface area contributed by atoms with E-state index in [1.807, 2.05) is 43.3 Å². The number of likely N-dealkylation sites (tertiary alicyclic amines) is 1. The van der Waals surface area contributed by atoms with E-state index >= 15 is 0 Å². The summed E-state index contributed by atoms with van der Waals surface area (Å²) in [5.41, 5.74) is 4.57. The normalized spacial score (nSPS) is 14.0. The summed E-state index contributed by atoms with van der Waals surface area (Å²) in [7, 11) is 0. The highest BCUT2D eigenvalue weighted by molar-refractivity contribution is 5.93.